The minimum Gasteiger partial charge on any atom is -0.396 e. The molecular weight excluding hydrogens is 284 g/mol. The highest BCUT2D eigenvalue weighted by Gasteiger charge is 1.99. The van der Waals surface area contributed by atoms with Gasteiger partial charge in [0.1, 0.15) is 0 Å². The third-order valence-corrected chi connectivity index (χ3v) is 4.49. The van der Waals surface area contributed by atoms with Crippen LogP contribution in [0.4, 0.5) is 0 Å². The molecule has 3 heteroatoms. The molecule has 1 atom stereocenters. The van der Waals surface area contributed by atoms with Gasteiger partial charge in [0.05, 0.1) is 0 Å². The fourth-order valence-electron chi connectivity index (χ4n) is 2.91. The summed E-state index contributed by atoms with van der Waals surface area (Å²) in [6.07, 6.45) is 17.8. The summed E-state index contributed by atoms with van der Waals surface area (Å²) in [4.78, 5) is 0. The average molecular weight is 329 g/mol. The van der Waals surface area contributed by atoms with E-state index in [1.807, 2.05) is 0 Å². The van der Waals surface area contributed by atoms with Crippen LogP contribution in [0.25, 0.3) is 0 Å². The first-order valence-corrected chi connectivity index (χ1v) is 10.4. The van der Waals surface area contributed by atoms with E-state index in [0.29, 0.717) is 6.04 Å². The van der Waals surface area contributed by atoms with Crippen LogP contribution in [-0.4, -0.2) is 37.4 Å². The lowest BCUT2D eigenvalue weighted by atomic mass is 10.1. The Morgan fingerprint density at radius 1 is 0.696 bits per heavy atom. The van der Waals surface area contributed by atoms with Crippen LogP contribution in [0.1, 0.15) is 97.3 Å². The smallest absolute Gasteiger partial charge is 0.0443 e. The molecule has 0 rings (SSSR count). The van der Waals surface area contributed by atoms with Crippen molar-refractivity contribution in [2.45, 2.75) is 103 Å². The molecule has 0 aliphatic carbocycles. The van der Waals surface area contributed by atoms with Gasteiger partial charge in [-0.2, -0.15) is 0 Å². The van der Waals surface area contributed by atoms with Crippen molar-refractivity contribution in [1.29, 1.82) is 0 Å². The Morgan fingerprint density at radius 3 is 1.74 bits per heavy atom. The first kappa shape index (κ1) is 22.9. The minimum absolute atomic E-state index is 0.284. The lowest BCUT2D eigenvalue weighted by molar-refractivity contribution is 0.283. The highest BCUT2D eigenvalue weighted by atomic mass is 16.3. The SMILES string of the molecule is CCCCCCCCCCCCCCNCC(C)NCCCO. The van der Waals surface area contributed by atoms with Gasteiger partial charge in [0.25, 0.3) is 0 Å². The summed E-state index contributed by atoms with van der Waals surface area (Å²) in [6.45, 7) is 7.86. The molecule has 0 aliphatic rings. The van der Waals surface area contributed by atoms with E-state index >= 15 is 0 Å². The zero-order chi connectivity index (χ0) is 17.0. The standard InChI is InChI=1S/C20H44N2O/c1-3-4-5-6-7-8-9-10-11-12-13-14-16-21-19-20(2)22-17-15-18-23/h20-23H,3-19H2,1-2H3. The largest absolute Gasteiger partial charge is 0.396 e. The number of hydrogen-bond donors (Lipinski definition) is 3. The van der Waals surface area contributed by atoms with E-state index in [4.69, 9.17) is 5.11 Å². The molecular formula is C20H44N2O. The van der Waals surface area contributed by atoms with Crippen molar-refractivity contribution in [3.8, 4) is 0 Å². The Balaban J connectivity index is 3.05. The average Bonchev–Trinajstić information content (AvgIpc) is 2.55. The van der Waals surface area contributed by atoms with Gasteiger partial charge in [-0.3, -0.25) is 0 Å². The molecule has 0 aliphatic heterocycles. The number of aliphatic hydroxyl groups is 1. The Hall–Kier alpha value is -0.120. The van der Waals surface area contributed by atoms with Crippen molar-refractivity contribution >= 4 is 0 Å². The van der Waals surface area contributed by atoms with Crippen LogP contribution in [-0.2, 0) is 0 Å². The number of rotatable bonds is 19. The maximum Gasteiger partial charge on any atom is 0.0443 e. The molecule has 1 unspecified atom stereocenters. The zero-order valence-corrected chi connectivity index (χ0v) is 16.0. The molecule has 3 N–H and O–H groups in total. The van der Waals surface area contributed by atoms with E-state index in [-0.39, 0.29) is 6.61 Å². The number of hydrogen-bond acceptors (Lipinski definition) is 3. The predicted molar refractivity (Wildman–Crippen MR) is 103 cm³/mol. The van der Waals surface area contributed by atoms with Gasteiger partial charge in [-0.15, -0.1) is 0 Å². The molecule has 0 radical (unpaired) electrons. The summed E-state index contributed by atoms with van der Waals surface area (Å²) in [5.41, 5.74) is 0. The third-order valence-electron chi connectivity index (χ3n) is 4.49. The summed E-state index contributed by atoms with van der Waals surface area (Å²) in [6, 6.07) is 0.499. The molecule has 140 valence electrons. The molecule has 0 spiro atoms. The summed E-state index contributed by atoms with van der Waals surface area (Å²) in [5.74, 6) is 0. The Labute approximate surface area is 146 Å². The molecule has 0 aromatic rings. The number of nitrogens with one attached hydrogen (secondary N) is 2. The monoisotopic (exact) mass is 328 g/mol. The molecule has 0 bridgehead atoms. The quantitative estimate of drug-likeness (QED) is 0.303. The molecule has 0 saturated heterocycles. The number of unbranched alkanes of at least 4 members (excludes halogenated alkanes) is 11. The van der Waals surface area contributed by atoms with E-state index in [2.05, 4.69) is 24.5 Å². The maximum atomic E-state index is 8.73. The van der Waals surface area contributed by atoms with E-state index in [1.54, 1.807) is 0 Å². The van der Waals surface area contributed by atoms with Crippen molar-refractivity contribution in [3.05, 3.63) is 0 Å². The minimum atomic E-state index is 0.284. The summed E-state index contributed by atoms with van der Waals surface area (Å²) >= 11 is 0. The molecule has 0 amide bonds. The molecule has 0 fully saturated rings. The third kappa shape index (κ3) is 19.8. The highest BCUT2D eigenvalue weighted by molar-refractivity contribution is 4.63. The topological polar surface area (TPSA) is 44.3 Å². The first-order valence-electron chi connectivity index (χ1n) is 10.4. The number of aliphatic hydroxyl groups excluding tert-OH is 1. The second-order valence-electron chi connectivity index (χ2n) is 7.03. The van der Waals surface area contributed by atoms with Crippen molar-refractivity contribution in [2.24, 2.45) is 0 Å². The fraction of sp³-hybridized carbons (Fsp3) is 1.00. The molecule has 0 aromatic heterocycles. The van der Waals surface area contributed by atoms with Gasteiger partial charge < -0.3 is 15.7 Å². The van der Waals surface area contributed by atoms with Gasteiger partial charge in [-0.05, 0) is 32.9 Å². The summed E-state index contributed by atoms with van der Waals surface area (Å²) in [5, 5.41) is 15.7. The van der Waals surface area contributed by atoms with E-state index in [9.17, 15) is 0 Å². The Morgan fingerprint density at radius 2 is 1.22 bits per heavy atom. The lowest BCUT2D eigenvalue weighted by Gasteiger charge is -2.14. The van der Waals surface area contributed by atoms with Crippen LogP contribution in [0.5, 0.6) is 0 Å². The molecule has 0 aromatic carbocycles. The van der Waals surface area contributed by atoms with Gasteiger partial charge in [-0.25, -0.2) is 0 Å². The van der Waals surface area contributed by atoms with Crippen LogP contribution in [0.2, 0.25) is 0 Å². The maximum absolute atomic E-state index is 8.73. The Bertz CT molecular complexity index is 212. The van der Waals surface area contributed by atoms with E-state index in [0.717, 1.165) is 26.1 Å². The second kappa shape index (κ2) is 19.9. The fourth-order valence-corrected chi connectivity index (χ4v) is 2.91. The Kier molecular flexibility index (Phi) is 19.8. The molecule has 3 nitrogen and oxygen atoms in total. The second-order valence-corrected chi connectivity index (χ2v) is 7.03. The van der Waals surface area contributed by atoms with Crippen molar-refractivity contribution < 1.29 is 5.11 Å². The van der Waals surface area contributed by atoms with E-state index < -0.39 is 0 Å². The van der Waals surface area contributed by atoms with Gasteiger partial charge in [0.2, 0.25) is 0 Å². The normalized spacial score (nSPS) is 12.7. The predicted octanol–water partition coefficient (Wildman–Crippen LogP) is 4.64. The van der Waals surface area contributed by atoms with Crippen LogP contribution < -0.4 is 10.6 Å². The van der Waals surface area contributed by atoms with Crippen molar-refractivity contribution in [3.63, 3.8) is 0 Å². The zero-order valence-electron chi connectivity index (χ0n) is 16.0. The molecule has 0 heterocycles. The summed E-state index contributed by atoms with van der Waals surface area (Å²) in [7, 11) is 0. The van der Waals surface area contributed by atoms with Gasteiger partial charge in [0.15, 0.2) is 0 Å². The van der Waals surface area contributed by atoms with Crippen molar-refractivity contribution in [2.75, 3.05) is 26.2 Å². The molecule has 0 saturated carbocycles. The van der Waals surface area contributed by atoms with Crippen LogP contribution in [0.15, 0.2) is 0 Å². The molecule has 23 heavy (non-hydrogen) atoms. The highest BCUT2D eigenvalue weighted by Crippen LogP contribution is 2.11. The van der Waals surface area contributed by atoms with Gasteiger partial charge in [0, 0.05) is 19.2 Å². The van der Waals surface area contributed by atoms with Gasteiger partial charge >= 0.3 is 0 Å². The summed E-state index contributed by atoms with van der Waals surface area (Å²) < 4.78 is 0. The van der Waals surface area contributed by atoms with Gasteiger partial charge in [-0.1, -0.05) is 77.6 Å². The van der Waals surface area contributed by atoms with Crippen LogP contribution in [0, 0.1) is 0 Å². The van der Waals surface area contributed by atoms with Crippen LogP contribution >= 0.6 is 0 Å². The van der Waals surface area contributed by atoms with E-state index in [1.165, 1.54) is 77.0 Å². The van der Waals surface area contributed by atoms with Crippen molar-refractivity contribution in [1.82, 2.24) is 10.6 Å². The lowest BCUT2D eigenvalue weighted by Crippen LogP contribution is -2.37. The first-order chi connectivity index (χ1) is 11.3. The van der Waals surface area contributed by atoms with Crippen LogP contribution in [0.3, 0.4) is 0 Å².